The van der Waals surface area contributed by atoms with Crippen LogP contribution in [0.3, 0.4) is 0 Å². The van der Waals surface area contributed by atoms with Crippen LogP contribution in [0.25, 0.3) is 0 Å². The minimum absolute atomic E-state index is 0.0363. The Morgan fingerprint density at radius 3 is 2.36 bits per heavy atom. The van der Waals surface area contributed by atoms with E-state index in [-0.39, 0.29) is 12.7 Å². The number of aromatic nitrogens is 1. The fourth-order valence-corrected chi connectivity index (χ4v) is 4.19. The molecule has 2 unspecified atom stereocenters. The molecule has 1 aliphatic rings. The van der Waals surface area contributed by atoms with E-state index in [1.165, 1.54) is 70.6 Å². The quantitative estimate of drug-likeness (QED) is 0.240. The highest BCUT2D eigenvalue weighted by molar-refractivity contribution is 5.67. The second-order valence-corrected chi connectivity index (χ2v) is 9.29. The number of nitrogens with one attached hydrogen (secondary N) is 1. The van der Waals surface area contributed by atoms with Gasteiger partial charge in [-0.15, -0.1) is 0 Å². The van der Waals surface area contributed by atoms with Crippen LogP contribution in [-0.2, 0) is 20.8 Å². The second-order valence-electron chi connectivity index (χ2n) is 9.29. The maximum atomic E-state index is 11.8. The van der Waals surface area contributed by atoms with Crippen LogP contribution >= 0.6 is 0 Å². The SMILES string of the molecule is CCCCCCCCCCCCCCOCC1COC(COC(=O)NCc2ccccn2)C1. The number of rotatable bonds is 19. The Morgan fingerprint density at radius 2 is 1.70 bits per heavy atom. The van der Waals surface area contributed by atoms with Gasteiger partial charge >= 0.3 is 6.09 Å². The highest BCUT2D eigenvalue weighted by Gasteiger charge is 2.26. The predicted octanol–water partition coefficient (Wildman–Crippen LogP) is 6.43. The summed E-state index contributed by atoms with van der Waals surface area (Å²) < 4.78 is 16.9. The molecule has 33 heavy (non-hydrogen) atoms. The van der Waals surface area contributed by atoms with Crippen molar-refractivity contribution in [1.82, 2.24) is 10.3 Å². The van der Waals surface area contributed by atoms with Gasteiger partial charge in [-0.05, 0) is 25.0 Å². The standard InChI is InChI=1S/C27H46N2O4/c1-2-3-4-5-6-7-8-9-10-11-12-15-18-31-21-24-19-26(32-22-24)23-33-27(30)29-20-25-16-13-14-17-28-25/h13-14,16-17,24,26H,2-12,15,18-23H2,1H3,(H,29,30). The zero-order chi connectivity index (χ0) is 23.4. The Balaban J connectivity index is 1.34. The summed E-state index contributed by atoms with van der Waals surface area (Å²) in [7, 11) is 0. The van der Waals surface area contributed by atoms with E-state index in [0.29, 0.717) is 19.1 Å². The molecule has 2 atom stereocenters. The lowest BCUT2D eigenvalue weighted by Crippen LogP contribution is -2.27. The second kappa shape index (κ2) is 18.7. The third-order valence-electron chi connectivity index (χ3n) is 6.20. The maximum absolute atomic E-state index is 11.8. The first-order chi connectivity index (χ1) is 16.3. The Bertz CT molecular complexity index is 599. The van der Waals surface area contributed by atoms with Crippen molar-refractivity contribution in [1.29, 1.82) is 0 Å². The fraction of sp³-hybridized carbons (Fsp3) is 0.778. The van der Waals surface area contributed by atoms with Gasteiger partial charge < -0.3 is 19.5 Å². The van der Waals surface area contributed by atoms with Gasteiger partial charge in [0.1, 0.15) is 6.61 Å². The minimum atomic E-state index is -0.434. The van der Waals surface area contributed by atoms with E-state index in [9.17, 15) is 4.79 Å². The van der Waals surface area contributed by atoms with E-state index in [0.717, 1.165) is 31.7 Å². The molecule has 188 valence electrons. The first-order valence-corrected chi connectivity index (χ1v) is 13.3. The van der Waals surface area contributed by atoms with Crippen LogP contribution in [0.5, 0.6) is 0 Å². The Labute approximate surface area is 201 Å². The molecule has 0 radical (unpaired) electrons. The van der Waals surface area contributed by atoms with Crippen LogP contribution in [0.4, 0.5) is 4.79 Å². The average Bonchev–Trinajstić information content (AvgIpc) is 3.30. The smallest absolute Gasteiger partial charge is 0.407 e. The van der Waals surface area contributed by atoms with E-state index >= 15 is 0 Å². The summed E-state index contributed by atoms with van der Waals surface area (Å²) in [5, 5.41) is 2.71. The number of alkyl carbamates (subject to hydrolysis) is 1. The van der Waals surface area contributed by atoms with Crippen molar-refractivity contribution >= 4 is 6.09 Å². The maximum Gasteiger partial charge on any atom is 0.407 e. The molecule has 0 spiro atoms. The summed E-state index contributed by atoms with van der Waals surface area (Å²) in [6.45, 7) is 5.17. The number of unbranched alkanes of at least 4 members (excludes halogenated alkanes) is 11. The molecular formula is C27H46N2O4. The van der Waals surface area contributed by atoms with E-state index in [1.54, 1.807) is 6.20 Å². The monoisotopic (exact) mass is 462 g/mol. The molecule has 1 aliphatic heterocycles. The molecule has 6 heteroatoms. The number of hydrogen-bond donors (Lipinski definition) is 1. The predicted molar refractivity (Wildman–Crippen MR) is 132 cm³/mol. The fourth-order valence-electron chi connectivity index (χ4n) is 4.19. The van der Waals surface area contributed by atoms with E-state index < -0.39 is 6.09 Å². The number of pyridine rings is 1. The van der Waals surface area contributed by atoms with Crippen molar-refractivity contribution in [3.63, 3.8) is 0 Å². The molecule has 0 saturated carbocycles. The van der Waals surface area contributed by atoms with Gasteiger partial charge in [-0.3, -0.25) is 4.98 Å². The topological polar surface area (TPSA) is 69.7 Å². The van der Waals surface area contributed by atoms with Crippen molar-refractivity contribution in [2.45, 2.75) is 103 Å². The zero-order valence-corrected chi connectivity index (χ0v) is 20.8. The number of amides is 1. The highest BCUT2D eigenvalue weighted by atomic mass is 16.6. The van der Waals surface area contributed by atoms with Crippen molar-refractivity contribution < 1.29 is 19.0 Å². The number of ether oxygens (including phenoxy) is 3. The molecule has 2 heterocycles. The Kier molecular flexibility index (Phi) is 15.7. The van der Waals surface area contributed by atoms with E-state index in [4.69, 9.17) is 14.2 Å². The van der Waals surface area contributed by atoms with Gasteiger partial charge in [-0.25, -0.2) is 4.79 Å². The lowest BCUT2D eigenvalue weighted by atomic mass is 10.1. The van der Waals surface area contributed by atoms with Crippen LogP contribution < -0.4 is 5.32 Å². The summed E-state index contributed by atoms with van der Waals surface area (Å²) >= 11 is 0. The van der Waals surface area contributed by atoms with E-state index in [2.05, 4.69) is 17.2 Å². The Morgan fingerprint density at radius 1 is 1.00 bits per heavy atom. The first kappa shape index (κ1) is 27.6. The third-order valence-corrected chi connectivity index (χ3v) is 6.20. The van der Waals surface area contributed by atoms with Crippen LogP contribution in [0.15, 0.2) is 24.4 Å². The summed E-state index contributed by atoms with van der Waals surface area (Å²) in [6, 6.07) is 5.60. The first-order valence-electron chi connectivity index (χ1n) is 13.3. The molecule has 0 aromatic carbocycles. The molecule has 1 N–H and O–H groups in total. The molecule has 6 nitrogen and oxygen atoms in total. The molecule has 0 bridgehead atoms. The van der Waals surface area contributed by atoms with E-state index in [1.807, 2.05) is 18.2 Å². The molecule has 1 amide bonds. The summed E-state index contributed by atoms with van der Waals surface area (Å²) in [5.74, 6) is 0.396. The molecule has 1 aromatic rings. The molecule has 2 rings (SSSR count). The Hall–Kier alpha value is -1.66. The summed E-state index contributed by atoms with van der Waals surface area (Å²) in [5.41, 5.74) is 0.803. The van der Waals surface area contributed by atoms with Gasteiger partial charge in [0.05, 0.1) is 31.6 Å². The van der Waals surface area contributed by atoms with Crippen molar-refractivity contribution in [2.75, 3.05) is 26.4 Å². The van der Waals surface area contributed by atoms with Gasteiger partial charge in [0, 0.05) is 18.7 Å². The highest BCUT2D eigenvalue weighted by Crippen LogP contribution is 2.20. The summed E-state index contributed by atoms with van der Waals surface area (Å²) in [4.78, 5) is 16.0. The largest absolute Gasteiger partial charge is 0.447 e. The lowest BCUT2D eigenvalue weighted by molar-refractivity contribution is 0.0391. The number of carbonyl (C=O) groups excluding carboxylic acids is 1. The van der Waals surface area contributed by atoms with Crippen molar-refractivity contribution in [3.05, 3.63) is 30.1 Å². The summed E-state index contributed by atoms with van der Waals surface area (Å²) in [6.07, 6.45) is 18.4. The van der Waals surface area contributed by atoms with Crippen molar-refractivity contribution in [2.24, 2.45) is 5.92 Å². The molecular weight excluding hydrogens is 416 g/mol. The van der Waals surface area contributed by atoms with Crippen molar-refractivity contribution in [3.8, 4) is 0 Å². The average molecular weight is 463 g/mol. The minimum Gasteiger partial charge on any atom is -0.447 e. The number of hydrogen-bond acceptors (Lipinski definition) is 5. The molecule has 0 aliphatic carbocycles. The third kappa shape index (κ3) is 14.3. The van der Waals surface area contributed by atoms with Gasteiger partial charge in [-0.2, -0.15) is 0 Å². The van der Waals surface area contributed by atoms with Crippen LogP contribution in [0, 0.1) is 5.92 Å². The zero-order valence-electron chi connectivity index (χ0n) is 20.8. The number of nitrogens with zero attached hydrogens (tertiary/aromatic N) is 1. The van der Waals surface area contributed by atoms with Gasteiger partial charge in [-0.1, -0.05) is 83.6 Å². The molecule has 1 aromatic heterocycles. The lowest BCUT2D eigenvalue weighted by Gasteiger charge is -2.11. The van der Waals surface area contributed by atoms with Gasteiger partial charge in [0.2, 0.25) is 0 Å². The number of carbonyl (C=O) groups is 1. The van der Waals surface area contributed by atoms with Crippen LogP contribution in [0.1, 0.15) is 96.1 Å². The molecule has 1 saturated heterocycles. The normalized spacial score (nSPS) is 17.8. The van der Waals surface area contributed by atoms with Crippen LogP contribution in [-0.4, -0.2) is 43.6 Å². The van der Waals surface area contributed by atoms with Crippen LogP contribution in [0.2, 0.25) is 0 Å². The van der Waals surface area contributed by atoms with Gasteiger partial charge in [0.25, 0.3) is 0 Å². The molecule has 1 fully saturated rings. The van der Waals surface area contributed by atoms with Gasteiger partial charge in [0.15, 0.2) is 0 Å².